The number of nitrogens with zero attached hydrogens (tertiary/aromatic N) is 5. The summed E-state index contributed by atoms with van der Waals surface area (Å²) in [6.07, 6.45) is 2.36. The van der Waals surface area contributed by atoms with Crippen LogP contribution in [0, 0.1) is 6.92 Å². The standard InChI is InChI=1S/C34H48N6O2/c1-24-11-12-25(33(2,3)4)20-29(24)35-30-21-31(42-22-27-10-9-17-38(27)7)37-32(36-30)39-18-19-40(34(5,6)23-39)26-13-15-28(41-8)16-14-26/h11-16,20-21,27H,9-10,17-19,22-23H2,1-8H3,(H,35,36,37). The number of likely N-dealkylation sites (tertiary alicyclic amines) is 1. The highest BCUT2D eigenvalue weighted by Crippen LogP contribution is 2.33. The molecule has 0 radical (unpaired) electrons. The lowest BCUT2D eigenvalue weighted by molar-refractivity contribution is 0.193. The molecule has 0 bridgehead atoms. The van der Waals surface area contributed by atoms with Crippen molar-refractivity contribution < 1.29 is 9.47 Å². The zero-order valence-electron chi connectivity index (χ0n) is 26.7. The van der Waals surface area contributed by atoms with Crippen LogP contribution in [0.5, 0.6) is 11.6 Å². The average Bonchev–Trinajstić information content (AvgIpc) is 3.36. The van der Waals surface area contributed by atoms with Gasteiger partial charge in [-0.25, -0.2) is 0 Å². The molecule has 0 aliphatic carbocycles. The van der Waals surface area contributed by atoms with E-state index in [9.17, 15) is 0 Å². The lowest BCUT2D eigenvalue weighted by atomic mass is 9.86. The third kappa shape index (κ3) is 6.75. The minimum Gasteiger partial charge on any atom is -0.497 e. The molecule has 8 heteroatoms. The van der Waals surface area contributed by atoms with E-state index in [0.29, 0.717) is 24.5 Å². The predicted octanol–water partition coefficient (Wildman–Crippen LogP) is 6.41. The molecule has 1 N–H and O–H groups in total. The molecule has 226 valence electrons. The second kappa shape index (κ2) is 12.0. The van der Waals surface area contributed by atoms with Crippen molar-refractivity contribution in [3.05, 3.63) is 59.7 Å². The summed E-state index contributed by atoms with van der Waals surface area (Å²) < 4.78 is 11.7. The van der Waals surface area contributed by atoms with Gasteiger partial charge in [0.1, 0.15) is 18.2 Å². The number of hydrogen-bond donors (Lipinski definition) is 1. The molecule has 2 aliphatic rings. The molecule has 1 atom stereocenters. The van der Waals surface area contributed by atoms with Crippen molar-refractivity contribution in [1.29, 1.82) is 0 Å². The van der Waals surface area contributed by atoms with E-state index < -0.39 is 0 Å². The number of hydrogen-bond acceptors (Lipinski definition) is 8. The van der Waals surface area contributed by atoms with Gasteiger partial charge in [0.2, 0.25) is 11.8 Å². The number of aromatic nitrogens is 2. The second-order valence-corrected chi connectivity index (χ2v) is 13.5. The molecule has 1 aromatic heterocycles. The van der Waals surface area contributed by atoms with Crippen molar-refractivity contribution in [3.63, 3.8) is 0 Å². The van der Waals surface area contributed by atoms with E-state index in [1.807, 2.05) is 18.2 Å². The fraction of sp³-hybridized carbons (Fsp3) is 0.529. The fourth-order valence-corrected chi connectivity index (χ4v) is 5.99. The van der Waals surface area contributed by atoms with Gasteiger partial charge in [-0.1, -0.05) is 32.9 Å². The van der Waals surface area contributed by atoms with E-state index in [2.05, 4.69) is 98.9 Å². The molecule has 3 heterocycles. The van der Waals surface area contributed by atoms with Crippen molar-refractivity contribution in [2.24, 2.45) is 0 Å². The monoisotopic (exact) mass is 572 g/mol. The maximum atomic E-state index is 6.36. The van der Waals surface area contributed by atoms with Gasteiger partial charge in [0.25, 0.3) is 0 Å². The second-order valence-electron chi connectivity index (χ2n) is 13.5. The van der Waals surface area contributed by atoms with Gasteiger partial charge in [-0.05, 0) is 94.1 Å². The lowest BCUT2D eigenvalue weighted by Gasteiger charge is -2.48. The first-order valence-corrected chi connectivity index (χ1v) is 15.2. The Hall–Kier alpha value is -3.52. The van der Waals surface area contributed by atoms with Gasteiger partial charge in [-0.15, -0.1) is 0 Å². The summed E-state index contributed by atoms with van der Waals surface area (Å²) in [6.45, 7) is 17.6. The van der Waals surface area contributed by atoms with E-state index in [4.69, 9.17) is 19.4 Å². The maximum absolute atomic E-state index is 6.36. The van der Waals surface area contributed by atoms with Crippen LogP contribution in [0.1, 0.15) is 58.6 Å². The molecule has 0 spiro atoms. The molecule has 0 amide bonds. The van der Waals surface area contributed by atoms with Crippen LogP contribution in [0.15, 0.2) is 48.5 Å². The number of rotatable bonds is 8. The first-order chi connectivity index (χ1) is 19.9. The molecule has 2 fully saturated rings. The highest BCUT2D eigenvalue weighted by Gasteiger charge is 2.35. The highest BCUT2D eigenvalue weighted by atomic mass is 16.5. The number of aryl methyl sites for hydroxylation is 1. The van der Waals surface area contributed by atoms with E-state index in [0.717, 1.165) is 49.9 Å². The van der Waals surface area contributed by atoms with Crippen LogP contribution in [0.3, 0.4) is 0 Å². The molecule has 5 rings (SSSR count). The molecule has 2 saturated heterocycles. The van der Waals surface area contributed by atoms with Crippen LogP contribution in [-0.4, -0.2) is 73.4 Å². The first kappa shape index (κ1) is 30.0. The number of ether oxygens (including phenoxy) is 2. The summed E-state index contributed by atoms with van der Waals surface area (Å²) in [4.78, 5) is 17.1. The van der Waals surface area contributed by atoms with Crippen molar-refractivity contribution in [2.45, 2.75) is 71.4 Å². The SMILES string of the molecule is COc1ccc(N2CCN(c3nc(Nc4cc(C(C)(C)C)ccc4C)cc(OCC4CCCN4C)n3)CC2(C)C)cc1. The average molecular weight is 573 g/mol. The van der Waals surface area contributed by atoms with Crippen LogP contribution < -0.4 is 24.6 Å². The van der Waals surface area contributed by atoms with Crippen LogP contribution >= 0.6 is 0 Å². The number of benzene rings is 2. The Morgan fingerprint density at radius 3 is 2.40 bits per heavy atom. The van der Waals surface area contributed by atoms with Crippen LogP contribution in [0.25, 0.3) is 0 Å². The predicted molar refractivity (Wildman–Crippen MR) is 173 cm³/mol. The van der Waals surface area contributed by atoms with E-state index in [1.54, 1.807) is 7.11 Å². The zero-order valence-corrected chi connectivity index (χ0v) is 26.7. The Morgan fingerprint density at radius 2 is 1.76 bits per heavy atom. The van der Waals surface area contributed by atoms with Gasteiger partial charge in [0, 0.05) is 43.1 Å². The summed E-state index contributed by atoms with van der Waals surface area (Å²) in [6, 6.07) is 17.3. The summed E-state index contributed by atoms with van der Waals surface area (Å²) >= 11 is 0. The van der Waals surface area contributed by atoms with Crippen molar-refractivity contribution >= 4 is 23.1 Å². The molecular weight excluding hydrogens is 524 g/mol. The third-order valence-corrected chi connectivity index (χ3v) is 8.72. The number of piperazine rings is 1. The molecule has 42 heavy (non-hydrogen) atoms. The topological polar surface area (TPSA) is 66.0 Å². The van der Waals surface area contributed by atoms with Gasteiger partial charge < -0.3 is 29.5 Å². The number of methoxy groups -OCH3 is 1. The third-order valence-electron chi connectivity index (χ3n) is 8.72. The number of likely N-dealkylation sites (N-methyl/N-ethyl adjacent to an activating group) is 1. The summed E-state index contributed by atoms with van der Waals surface area (Å²) in [5, 5.41) is 3.62. The largest absolute Gasteiger partial charge is 0.497 e. The van der Waals surface area contributed by atoms with E-state index >= 15 is 0 Å². The van der Waals surface area contributed by atoms with E-state index in [-0.39, 0.29) is 11.0 Å². The number of anilines is 4. The first-order valence-electron chi connectivity index (χ1n) is 15.2. The molecule has 0 saturated carbocycles. The normalized spacial score (nSPS) is 19.2. The highest BCUT2D eigenvalue weighted by molar-refractivity contribution is 5.64. The molecule has 2 aliphatic heterocycles. The molecule has 8 nitrogen and oxygen atoms in total. The number of nitrogens with one attached hydrogen (secondary N) is 1. The summed E-state index contributed by atoms with van der Waals surface area (Å²) in [5.41, 5.74) is 4.62. The Kier molecular flexibility index (Phi) is 8.56. The van der Waals surface area contributed by atoms with Crippen LogP contribution in [0.4, 0.5) is 23.1 Å². The van der Waals surface area contributed by atoms with Crippen LogP contribution in [-0.2, 0) is 5.41 Å². The van der Waals surface area contributed by atoms with Crippen molar-refractivity contribution in [1.82, 2.24) is 14.9 Å². The van der Waals surface area contributed by atoms with E-state index in [1.165, 1.54) is 23.2 Å². The molecule has 3 aromatic rings. The Labute approximate surface area is 252 Å². The van der Waals surface area contributed by atoms with Gasteiger partial charge in [-0.2, -0.15) is 9.97 Å². The summed E-state index contributed by atoms with van der Waals surface area (Å²) in [5.74, 6) is 2.93. The Morgan fingerprint density at radius 1 is 1.00 bits per heavy atom. The Balaban J connectivity index is 1.42. The minimum atomic E-state index is -0.134. The Bertz CT molecular complexity index is 1370. The maximum Gasteiger partial charge on any atom is 0.230 e. The van der Waals surface area contributed by atoms with Crippen molar-refractivity contribution in [3.8, 4) is 11.6 Å². The molecular formula is C34H48N6O2. The van der Waals surface area contributed by atoms with Crippen molar-refractivity contribution in [2.75, 3.05) is 62.1 Å². The smallest absolute Gasteiger partial charge is 0.230 e. The fourth-order valence-electron chi connectivity index (χ4n) is 5.99. The zero-order chi connectivity index (χ0) is 30.1. The van der Waals surface area contributed by atoms with Gasteiger partial charge >= 0.3 is 0 Å². The lowest BCUT2D eigenvalue weighted by Crippen LogP contribution is -2.60. The quantitative estimate of drug-likeness (QED) is 0.332. The van der Waals surface area contributed by atoms with Crippen LogP contribution in [0.2, 0.25) is 0 Å². The molecule has 2 aromatic carbocycles. The minimum absolute atomic E-state index is 0.0533. The summed E-state index contributed by atoms with van der Waals surface area (Å²) in [7, 11) is 3.88. The van der Waals surface area contributed by atoms with Gasteiger partial charge in [0.05, 0.1) is 12.6 Å². The van der Waals surface area contributed by atoms with Gasteiger partial charge in [-0.3, -0.25) is 0 Å². The molecule has 1 unspecified atom stereocenters. The van der Waals surface area contributed by atoms with Gasteiger partial charge in [0.15, 0.2) is 0 Å².